The van der Waals surface area contributed by atoms with Crippen molar-refractivity contribution < 1.29 is 4.74 Å². The van der Waals surface area contributed by atoms with E-state index in [-0.39, 0.29) is 0 Å². The third-order valence-electron chi connectivity index (χ3n) is 3.82. The summed E-state index contributed by atoms with van der Waals surface area (Å²) in [5.74, 6) is 0.993. The molecule has 0 N–H and O–H groups in total. The molecule has 1 aromatic rings. The fourth-order valence-electron chi connectivity index (χ4n) is 2.58. The lowest BCUT2D eigenvalue weighted by Crippen LogP contribution is -2.38. The van der Waals surface area contributed by atoms with Gasteiger partial charge in [-0.3, -0.25) is 0 Å². The zero-order valence-corrected chi connectivity index (χ0v) is 11.7. The predicted molar refractivity (Wildman–Crippen MR) is 76.2 cm³/mol. The van der Waals surface area contributed by atoms with Gasteiger partial charge in [0.1, 0.15) is 5.75 Å². The van der Waals surface area contributed by atoms with Gasteiger partial charge in [-0.2, -0.15) is 0 Å². The lowest BCUT2D eigenvalue weighted by atomic mass is 10.0. The molecule has 1 saturated heterocycles. The van der Waals surface area contributed by atoms with E-state index < -0.39 is 0 Å². The van der Waals surface area contributed by atoms with E-state index >= 15 is 0 Å². The van der Waals surface area contributed by atoms with Crippen LogP contribution in [0.15, 0.2) is 24.3 Å². The molecular formula is C16H25NO. The van der Waals surface area contributed by atoms with Crippen molar-refractivity contribution in [1.29, 1.82) is 0 Å². The molecule has 1 heterocycles. The number of nitrogens with zero attached hydrogens (tertiary/aromatic N) is 1. The number of likely N-dealkylation sites (tertiary alicyclic amines) is 1. The molecule has 0 spiro atoms. The second kappa shape index (κ2) is 6.79. The largest absolute Gasteiger partial charge is 0.494 e. The first-order valence-electron chi connectivity index (χ1n) is 7.19. The molecule has 2 rings (SSSR count). The first-order chi connectivity index (χ1) is 8.75. The average molecular weight is 247 g/mol. The SMILES string of the molecule is Cc1ccc(OCCCN2CCCCC2C)cc1. The highest BCUT2D eigenvalue weighted by Gasteiger charge is 2.17. The van der Waals surface area contributed by atoms with E-state index in [2.05, 4.69) is 43.0 Å². The Hall–Kier alpha value is -1.02. The summed E-state index contributed by atoms with van der Waals surface area (Å²) in [4.78, 5) is 2.60. The maximum Gasteiger partial charge on any atom is 0.119 e. The van der Waals surface area contributed by atoms with E-state index in [0.29, 0.717) is 0 Å². The van der Waals surface area contributed by atoms with Crippen molar-refractivity contribution in [1.82, 2.24) is 4.90 Å². The van der Waals surface area contributed by atoms with E-state index in [4.69, 9.17) is 4.74 Å². The smallest absolute Gasteiger partial charge is 0.119 e. The monoisotopic (exact) mass is 247 g/mol. The minimum atomic E-state index is 0.762. The van der Waals surface area contributed by atoms with Gasteiger partial charge in [0, 0.05) is 12.6 Å². The fraction of sp³-hybridized carbons (Fsp3) is 0.625. The number of piperidine rings is 1. The van der Waals surface area contributed by atoms with Crippen molar-refractivity contribution in [2.24, 2.45) is 0 Å². The summed E-state index contributed by atoms with van der Waals surface area (Å²) in [5, 5.41) is 0. The third-order valence-corrected chi connectivity index (χ3v) is 3.82. The maximum absolute atomic E-state index is 5.76. The van der Waals surface area contributed by atoms with Crippen LogP contribution in [0.1, 0.15) is 38.2 Å². The Balaban J connectivity index is 1.65. The van der Waals surface area contributed by atoms with E-state index in [1.807, 2.05) is 0 Å². The molecule has 0 aromatic heterocycles. The number of ether oxygens (including phenoxy) is 1. The molecule has 1 fully saturated rings. The molecule has 100 valence electrons. The summed E-state index contributed by atoms with van der Waals surface area (Å²) in [7, 11) is 0. The van der Waals surface area contributed by atoms with Crippen molar-refractivity contribution >= 4 is 0 Å². The Morgan fingerprint density at radius 1 is 1.22 bits per heavy atom. The van der Waals surface area contributed by atoms with Crippen molar-refractivity contribution in [3.63, 3.8) is 0 Å². The summed E-state index contributed by atoms with van der Waals surface area (Å²) >= 11 is 0. The van der Waals surface area contributed by atoms with Crippen molar-refractivity contribution in [2.45, 2.75) is 45.6 Å². The van der Waals surface area contributed by atoms with Gasteiger partial charge in [-0.1, -0.05) is 24.1 Å². The van der Waals surface area contributed by atoms with E-state index in [1.54, 1.807) is 0 Å². The van der Waals surface area contributed by atoms with Gasteiger partial charge >= 0.3 is 0 Å². The second-order valence-electron chi connectivity index (χ2n) is 5.40. The van der Waals surface area contributed by atoms with Crippen LogP contribution in [-0.2, 0) is 0 Å². The van der Waals surface area contributed by atoms with Gasteiger partial charge in [0.15, 0.2) is 0 Å². The van der Waals surface area contributed by atoms with Gasteiger partial charge in [-0.25, -0.2) is 0 Å². The maximum atomic E-state index is 5.76. The Morgan fingerprint density at radius 2 is 2.00 bits per heavy atom. The number of aryl methyl sites for hydroxylation is 1. The first-order valence-corrected chi connectivity index (χ1v) is 7.19. The van der Waals surface area contributed by atoms with Crippen LogP contribution in [0.5, 0.6) is 5.75 Å². The first kappa shape index (κ1) is 13.4. The second-order valence-corrected chi connectivity index (χ2v) is 5.40. The summed E-state index contributed by atoms with van der Waals surface area (Å²) in [6.07, 6.45) is 5.25. The van der Waals surface area contributed by atoms with Gasteiger partial charge < -0.3 is 9.64 Å². The molecule has 0 aliphatic carbocycles. The van der Waals surface area contributed by atoms with Gasteiger partial charge in [-0.15, -0.1) is 0 Å². The summed E-state index contributed by atoms with van der Waals surface area (Å²) in [6.45, 7) is 7.71. The highest BCUT2D eigenvalue weighted by molar-refractivity contribution is 5.26. The summed E-state index contributed by atoms with van der Waals surface area (Å²) < 4.78 is 5.76. The van der Waals surface area contributed by atoms with Crippen LogP contribution in [0.25, 0.3) is 0 Å². The summed E-state index contributed by atoms with van der Waals surface area (Å²) in [6, 6.07) is 9.07. The molecule has 1 aliphatic rings. The Morgan fingerprint density at radius 3 is 2.72 bits per heavy atom. The standard InChI is InChI=1S/C16H25NO/c1-14-7-9-16(10-8-14)18-13-5-12-17-11-4-3-6-15(17)2/h7-10,15H,3-6,11-13H2,1-2H3. The van der Waals surface area contributed by atoms with E-state index in [0.717, 1.165) is 24.8 Å². The molecule has 0 saturated carbocycles. The lowest BCUT2D eigenvalue weighted by molar-refractivity contribution is 0.148. The van der Waals surface area contributed by atoms with Crippen molar-refractivity contribution in [3.8, 4) is 5.75 Å². The Bertz CT molecular complexity index is 347. The van der Waals surface area contributed by atoms with Crippen LogP contribution >= 0.6 is 0 Å². The van der Waals surface area contributed by atoms with Crippen molar-refractivity contribution in [2.75, 3.05) is 19.7 Å². The lowest BCUT2D eigenvalue weighted by Gasteiger charge is -2.33. The average Bonchev–Trinajstić information content (AvgIpc) is 2.39. The molecule has 2 nitrogen and oxygen atoms in total. The molecular weight excluding hydrogens is 222 g/mol. The highest BCUT2D eigenvalue weighted by atomic mass is 16.5. The summed E-state index contributed by atoms with van der Waals surface area (Å²) in [5.41, 5.74) is 1.28. The molecule has 1 aromatic carbocycles. The quantitative estimate of drug-likeness (QED) is 0.737. The number of benzene rings is 1. The molecule has 1 unspecified atom stereocenters. The van der Waals surface area contributed by atoms with Gasteiger partial charge in [0.25, 0.3) is 0 Å². The van der Waals surface area contributed by atoms with Crippen LogP contribution in [0.4, 0.5) is 0 Å². The Kier molecular flexibility index (Phi) is 5.06. The van der Waals surface area contributed by atoms with Crippen LogP contribution in [-0.4, -0.2) is 30.6 Å². The zero-order chi connectivity index (χ0) is 12.8. The van der Waals surface area contributed by atoms with Gasteiger partial charge in [0.05, 0.1) is 6.61 Å². The topological polar surface area (TPSA) is 12.5 Å². The molecule has 18 heavy (non-hydrogen) atoms. The van der Waals surface area contributed by atoms with Gasteiger partial charge in [-0.05, 0) is 51.8 Å². The number of rotatable bonds is 5. The fourth-order valence-corrected chi connectivity index (χ4v) is 2.58. The molecule has 0 amide bonds. The minimum Gasteiger partial charge on any atom is -0.494 e. The van der Waals surface area contributed by atoms with Crippen LogP contribution in [0.2, 0.25) is 0 Å². The van der Waals surface area contributed by atoms with E-state index in [1.165, 1.54) is 37.9 Å². The molecule has 1 atom stereocenters. The molecule has 1 aliphatic heterocycles. The van der Waals surface area contributed by atoms with Crippen LogP contribution < -0.4 is 4.74 Å². The van der Waals surface area contributed by atoms with Crippen LogP contribution in [0, 0.1) is 6.92 Å². The third kappa shape index (κ3) is 4.02. The molecule has 0 bridgehead atoms. The number of hydrogen-bond donors (Lipinski definition) is 0. The highest BCUT2D eigenvalue weighted by Crippen LogP contribution is 2.16. The molecule has 2 heteroatoms. The number of hydrogen-bond acceptors (Lipinski definition) is 2. The normalized spacial score (nSPS) is 20.9. The van der Waals surface area contributed by atoms with Gasteiger partial charge in [0.2, 0.25) is 0 Å². The van der Waals surface area contributed by atoms with Crippen LogP contribution in [0.3, 0.4) is 0 Å². The zero-order valence-electron chi connectivity index (χ0n) is 11.7. The van der Waals surface area contributed by atoms with E-state index in [9.17, 15) is 0 Å². The van der Waals surface area contributed by atoms with Crippen molar-refractivity contribution in [3.05, 3.63) is 29.8 Å². The predicted octanol–water partition coefficient (Wildman–Crippen LogP) is 3.64. The Labute approximate surface area is 111 Å². The minimum absolute atomic E-state index is 0.762. The molecule has 0 radical (unpaired) electrons.